The highest BCUT2D eigenvalue weighted by Crippen LogP contribution is 1.98. The maximum absolute atomic E-state index is 8.74. The number of aliphatic hydroxyl groups excluding tert-OH is 3. The zero-order valence-electron chi connectivity index (χ0n) is 5.56. The number of aliphatic hydroxyl groups is 3. The van der Waals surface area contributed by atoms with E-state index >= 15 is 0 Å². The molecular weight excluding hydrogens is 163 g/mol. The van der Waals surface area contributed by atoms with Crippen molar-refractivity contribution in [1.29, 1.82) is 0 Å². The second-order valence-corrected chi connectivity index (χ2v) is 1.29. The zero-order chi connectivity index (χ0) is 8.99. The molecule has 0 fully saturated rings. The van der Waals surface area contributed by atoms with Gasteiger partial charge in [-0.25, -0.2) is 0 Å². The zero-order valence-corrected chi connectivity index (χ0v) is 6.56. The Kier molecular flexibility index (Phi) is 38.1. The Bertz CT molecular complexity index is 51.0. The van der Waals surface area contributed by atoms with Gasteiger partial charge in [-0.2, -0.15) is 0 Å². The first-order chi connectivity index (χ1) is 4.65. The van der Waals surface area contributed by atoms with Crippen LogP contribution in [0.5, 0.6) is 0 Å². The first-order valence-corrected chi connectivity index (χ1v) is 3.53. The normalized spacial score (nSPS) is 7.10. The third-order valence-electron chi connectivity index (χ3n) is 0.1000. The van der Waals surface area contributed by atoms with Crippen molar-refractivity contribution in [2.75, 3.05) is 20.3 Å². The van der Waals surface area contributed by atoms with E-state index in [4.69, 9.17) is 29.7 Å². The maximum atomic E-state index is 8.74. The van der Waals surface area contributed by atoms with Crippen LogP contribution in [0.1, 0.15) is 0 Å². The van der Waals surface area contributed by atoms with Crippen molar-refractivity contribution in [3.05, 3.63) is 0 Å². The number of hydrogen-bond acceptors (Lipinski definition) is 4. The summed E-state index contributed by atoms with van der Waals surface area (Å²) in [5.74, 6) is 0. The minimum atomic E-state index is -3.13. The minimum Gasteiger partial charge on any atom is -0.400 e. The van der Waals surface area contributed by atoms with Crippen molar-refractivity contribution >= 4 is 8.25 Å². The van der Waals surface area contributed by atoms with Gasteiger partial charge in [0.2, 0.25) is 0 Å². The second kappa shape index (κ2) is 23.0. The summed E-state index contributed by atoms with van der Waals surface area (Å²) < 4.78 is 8.74. The number of hydrogen-bond donors (Lipinski definition) is 5. The molecule has 0 saturated carbocycles. The Morgan fingerprint density at radius 1 is 1.10 bits per heavy atom. The first-order valence-electron chi connectivity index (χ1n) is 2.23. The van der Waals surface area contributed by atoms with Crippen LogP contribution in [0.4, 0.5) is 0 Å². The summed E-state index contributed by atoms with van der Waals surface area (Å²) in [5, 5.41) is 22.2. The lowest BCUT2D eigenvalue weighted by Gasteiger charge is -1.70. The van der Waals surface area contributed by atoms with E-state index in [9.17, 15) is 0 Å². The molecular formula is C3H13O6P. The molecule has 0 aliphatic rings. The topological polar surface area (TPSA) is 118 Å². The first kappa shape index (κ1) is 16.5. The SMILES string of the molecule is CO.O=[PH](O)O.OCCO. The van der Waals surface area contributed by atoms with Crippen LogP contribution in [0.15, 0.2) is 0 Å². The molecule has 7 heteroatoms. The summed E-state index contributed by atoms with van der Waals surface area (Å²) >= 11 is 0. The average molecular weight is 176 g/mol. The van der Waals surface area contributed by atoms with E-state index in [0.717, 1.165) is 7.11 Å². The summed E-state index contributed by atoms with van der Waals surface area (Å²) in [4.78, 5) is 14.3. The Morgan fingerprint density at radius 2 is 1.20 bits per heavy atom. The largest absolute Gasteiger partial charge is 0.400 e. The Labute approximate surface area is 59.3 Å². The molecule has 0 saturated heterocycles. The van der Waals surface area contributed by atoms with E-state index in [-0.39, 0.29) is 13.2 Å². The van der Waals surface area contributed by atoms with Crippen LogP contribution in [0.3, 0.4) is 0 Å². The smallest absolute Gasteiger partial charge is 0.314 e. The van der Waals surface area contributed by atoms with E-state index in [1.807, 2.05) is 0 Å². The highest BCUT2D eigenvalue weighted by atomic mass is 31.1. The lowest BCUT2D eigenvalue weighted by atomic mass is 10.8. The van der Waals surface area contributed by atoms with Crippen LogP contribution < -0.4 is 0 Å². The highest BCUT2D eigenvalue weighted by Gasteiger charge is 1.61. The molecule has 0 spiro atoms. The monoisotopic (exact) mass is 176 g/mol. The third-order valence-corrected chi connectivity index (χ3v) is 0.1000. The molecule has 0 heterocycles. The van der Waals surface area contributed by atoms with E-state index in [1.54, 1.807) is 0 Å². The molecule has 0 aromatic carbocycles. The lowest BCUT2D eigenvalue weighted by molar-refractivity contribution is 0.186. The molecule has 0 amide bonds. The van der Waals surface area contributed by atoms with Crippen molar-refractivity contribution in [3.8, 4) is 0 Å². The van der Waals surface area contributed by atoms with Crippen molar-refractivity contribution in [2.24, 2.45) is 0 Å². The molecule has 0 aromatic rings. The Hall–Kier alpha value is 0.0300. The fourth-order valence-corrected chi connectivity index (χ4v) is 0. The van der Waals surface area contributed by atoms with Gasteiger partial charge in [0, 0.05) is 7.11 Å². The van der Waals surface area contributed by atoms with Gasteiger partial charge < -0.3 is 25.1 Å². The molecule has 5 N–H and O–H groups in total. The highest BCUT2D eigenvalue weighted by molar-refractivity contribution is 7.30. The van der Waals surface area contributed by atoms with Crippen LogP contribution >= 0.6 is 8.25 Å². The third kappa shape index (κ3) is 374. The summed E-state index contributed by atoms with van der Waals surface area (Å²) in [6.45, 7) is -0.250. The Balaban J connectivity index is -0.0000000787. The van der Waals surface area contributed by atoms with Gasteiger partial charge in [-0.1, -0.05) is 0 Å². The van der Waals surface area contributed by atoms with Crippen LogP contribution in [0.2, 0.25) is 0 Å². The van der Waals surface area contributed by atoms with Crippen LogP contribution in [0, 0.1) is 0 Å². The van der Waals surface area contributed by atoms with Gasteiger partial charge >= 0.3 is 8.25 Å². The second-order valence-electron chi connectivity index (χ2n) is 0.730. The Morgan fingerprint density at radius 3 is 1.20 bits per heavy atom. The molecule has 0 unspecified atom stereocenters. The van der Waals surface area contributed by atoms with Crippen LogP contribution in [-0.4, -0.2) is 45.4 Å². The fourth-order valence-electron chi connectivity index (χ4n) is 0. The van der Waals surface area contributed by atoms with Crippen LogP contribution in [0.25, 0.3) is 0 Å². The predicted molar refractivity (Wildman–Crippen MR) is 35.8 cm³/mol. The van der Waals surface area contributed by atoms with Crippen LogP contribution in [-0.2, 0) is 4.57 Å². The lowest BCUT2D eigenvalue weighted by Crippen LogP contribution is -1.85. The van der Waals surface area contributed by atoms with Crippen molar-refractivity contribution in [1.82, 2.24) is 0 Å². The maximum Gasteiger partial charge on any atom is 0.314 e. The molecule has 0 aliphatic heterocycles. The van der Waals surface area contributed by atoms with E-state index in [1.165, 1.54) is 0 Å². The van der Waals surface area contributed by atoms with Crippen molar-refractivity contribution in [2.45, 2.75) is 0 Å². The summed E-state index contributed by atoms with van der Waals surface area (Å²) in [6, 6.07) is 0. The molecule has 0 atom stereocenters. The number of rotatable bonds is 1. The van der Waals surface area contributed by atoms with E-state index < -0.39 is 8.25 Å². The fraction of sp³-hybridized carbons (Fsp3) is 1.00. The molecule has 0 bridgehead atoms. The molecule has 10 heavy (non-hydrogen) atoms. The molecule has 0 aromatic heterocycles. The molecule has 6 nitrogen and oxygen atoms in total. The molecule has 0 radical (unpaired) electrons. The molecule has 0 aliphatic carbocycles. The van der Waals surface area contributed by atoms with Crippen molar-refractivity contribution in [3.63, 3.8) is 0 Å². The van der Waals surface area contributed by atoms with Gasteiger partial charge in [-0.15, -0.1) is 0 Å². The molecule has 66 valence electrons. The minimum absolute atomic E-state index is 0.125. The average Bonchev–Trinajstić information content (AvgIpc) is 1.91. The quantitative estimate of drug-likeness (QED) is 0.293. The summed E-state index contributed by atoms with van der Waals surface area (Å²) in [5.41, 5.74) is 0. The van der Waals surface area contributed by atoms with Gasteiger partial charge in [0.15, 0.2) is 0 Å². The van der Waals surface area contributed by atoms with E-state index in [2.05, 4.69) is 0 Å². The van der Waals surface area contributed by atoms with Gasteiger partial charge in [0.05, 0.1) is 13.2 Å². The van der Waals surface area contributed by atoms with Gasteiger partial charge in [0.1, 0.15) is 0 Å². The van der Waals surface area contributed by atoms with Gasteiger partial charge in [-0.3, -0.25) is 4.57 Å². The summed E-state index contributed by atoms with van der Waals surface area (Å²) in [7, 11) is -2.13. The molecule has 0 rings (SSSR count). The van der Waals surface area contributed by atoms with E-state index in [0.29, 0.717) is 0 Å². The summed E-state index contributed by atoms with van der Waals surface area (Å²) in [6.07, 6.45) is 0. The van der Waals surface area contributed by atoms with Crippen molar-refractivity contribution < 1.29 is 29.7 Å². The van der Waals surface area contributed by atoms with Gasteiger partial charge in [-0.05, 0) is 0 Å². The predicted octanol–water partition coefficient (Wildman–Crippen LogP) is -2.06. The van der Waals surface area contributed by atoms with Gasteiger partial charge in [0.25, 0.3) is 0 Å². The standard InChI is InChI=1S/C2H6O2.CH4O.H3O3P/c3-1-2-4;1-2;1-4(2)3/h3-4H,1-2H2;2H,1H3;4H,(H2,1,2,3).